The monoisotopic (exact) mass is 385 g/mol. The van der Waals surface area contributed by atoms with Crippen LogP contribution in [0, 0.1) is 12.8 Å². The topological polar surface area (TPSA) is 35.5 Å². The minimum atomic E-state index is 0.735. The average molecular weight is 386 g/mol. The first-order valence-corrected chi connectivity index (χ1v) is 10.3. The molecule has 2 saturated heterocycles. The van der Waals surface area contributed by atoms with Gasteiger partial charge < -0.3 is 14.7 Å². The van der Waals surface area contributed by atoms with Crippen LogP contribution >= 0.6 is 11.6 Å². The lowest BCUT2D eigenvalue weighted by Gasteiger charge is -2.37. The molecule has 2 aliphatic rings. The quantitative estimate of drug-likeness (QED) is 0.797. The maximum absolute atomic E-state index is 6.15. The third kappa shape index (κ3) is 4.29. The van der Waals surface area contributed by atoms with Gasteiger partial charge in [-0.3, -0.25) is 0 Å². The van der Waals surface area contributed by atoms with Crippen molar-refractivity contribution >= 4 is 29.1 Å². The molecule has 0 radical (unpaired) electrons. The summed E-state index contributed by atoms with van der Waals surface area (Å²) >= 11 is 6.15. The lowest BCUT2D eigenvalue weighted by molar-refractivity contribution is 0.444. The van der Waals surface area contributed by atoms with Gasteiger partial charge in [0.05, 0.1) is 0 Å². The van der Waals surface area contributed by atoms with E-state index in [9.17, 15) is 0 Å². The molecule has 0 aliphatic carbocycles. The second-order valence-corrected chi connectivity index (χ2v) is 8.25. The summed E-state index contributed by atoms with van der Waals surface area (Å²) in [4.78, 5) is 16.8. The summed E-state index contributed by atoms with van der Waals surface area (Å²) in [5.74, 6) is 2.69. The molecule has 0 bridgehead atoms. The third-order valence-corrected chi connectivity index (χ3v) is 5.78. The summed E-state index contributed by atoms with van der Waals surface area (Å²) < 4.78 is 0. The molecular weight excluding hydrogens is 358 g/mol. The molecule has 2 aromatic rings. The van der Waals surface area contributed by atoms with E-state index in [4.69, 9.17) is 21.6 Å². The van der Waals surface area contributed by atoms with E-state index in [0.717, 1.165) is 67.7 Å². The summed E-state index contributed by atoms with van der Waals surface area (Å²) in [6.45, 7) is 10.3. The van der Waals surface area contributed by atoms with Crippen molar-refractivity contribution in [3.05, 3.63) is 41.0 Å². The Kier molecular flexibility index (Phi) is 5.39. The molecule has 2 aliphatic heterocycles. The highest BCUT2D eigenvalue weighted by atomic mass is 35.5. The number of hydrogen-bond acceptors (Lipinski definition) is 5. The lowest BCUT2D eigenvalue weighted by atomic mass is 10.0. The Morgan fingerprint density at radius 2 is 1.74 bits per heavy atom. The number of aromatic nitrogens is 2. The van der Waals surface area contributed by atoms with Crippen molar-refractivity contribution in [2.45, 2.75) is 26.7 Å². The molecule has 0 spiro atoms. The Morgan fingerprint density at radius 1 is 0.963 bits per heavy atom. The minimum absolute atomic E-state index is 0.735. The van der Waals surface area contributed by atoms with Crippen LogP contribution < -0.4 is 14.7 Å². The molecule has 4 rings (SSSR count). The van der Waals surface area contributed by atoms with Gasteiger partial charge in [-0.05, 0) is 43.9 Å². The van der Waals surface area contributed by atoms with Gasteiger partial charge in [0, 0.05) is 61.7 Å². The van der Waals surface area contributed by atoms with E-state index in [1.807, 2.05) is 18.2 Å². The summed E-state index contributed by atoms with van der Waals surface area (Å²) in [6, 6.07) is 10.2. The van der Waals surface area contributed by atoms with E-state index in [1.165, 1.54) is 18.5 Å². The Labute approximate surface area is 167 Å². The molecule has 3 heterocycles. The van der Waals surface area contributed by atoms with Crippen LogP contribution in [0.1, 0.15) is 25.5 Å². The molecule has 0 amide bonds. The maximum Gasteiger partial charge on any atom is 0.227 e. The number of nitrogens with zero attached hydrogens (tertiary/aromatic N) is 5. The van der Waals surface area contributed by atoms with Crippen LogP contribution in [-0.2, 0) is 0 Å². The van der Waals surface area contributed by atoms with Crippen molar-refractivity contribution in [1.29, 1.82) is 0 Å². The number of piperazine rings is 1. The van der Waals surface area contributed by atoms with E-state index in [-0.39, 0.29) is 0 Å². The van der Waals surface area contributed by atoms with Gasteiger partial charge in [0.2, 0.25) is 5.95 Å². The largest absolute Gasteiger partial charge is 0.368 e. The molecule has 0 saturated carbocycles. The predicted molar refractivity (Wildman–Crippen MR) is 113 cm³/mol. The molecule has 5 nitrogen and oxygen atoms in total. The molecular formula is C21H28ClN5. The molecule has 0 N–H and O–H groups in total. The summed E-state index contributed by atoms with van der Waals surface area (Å²) in [6.07, 6.45) is 2.57. The molecule has 1 aromatic heterocycles. The summed E-state index contributed by atoms with van der Waals surface area (Å²) in [5, 5.41) is 0.789. The van der Waals surface area contributed by atoms with E-state index < -0.39 is 0 Å². The number of benzene rings is 1. The van der Waals surface area contributed by atoms with E-state index >= 15 is 0 Å². The van der Waals surface area contributed by atoms with Crippen molar-refractivity contribution < 1.29 is 0 Å². The second kappa shape index (κ2) is 7.93. The number of halogens is 1. The second-order valence-electron chi connectivity index (χ2n) is 7.81. The average Bonchev–Trinajstić information content (AvgIpc) is 2.68. The van der Waals surface area contributed by atoms with Gasteiger partial charge in [0.1, 0.15) is 5.82 Å². The summed E-state index contributed by atoms with van der Waals surface area (Å²) in [7, 11) is 0. The summed E-state index contributed by atoms with van der Waals surface area (Å²) in [5.41, 5.74) is 2.24. The van der Waals surface area contributed by atoms with Crippen molar-refractivity contribution in [3.63, 3.8) is 0 Å². The zero-order valence-electron chi connectivity index (χ0n) is 16.2. The van der Waals surface area contributed by atoms with Gasteiger partial charge in [-0.1, -0.05) is 24.6 Å². The molecule has 1 unspecified atom stereocenters. The van der Waals surface area contributed by atoms with Gasteiger partial charge in [-0.25, -0.2) is 4.98 Å². The standard InChI is InChI=1S/C21H28ClN5/c1-16-5-4-8-27(15-16)20-13-17(2)23-21(24-20)26-11-9-25(10-12-26)19-7-3-6-18(22)14-19/h3,6-7,13-14,16H,4-5,8-12,15H2,1-2H3. The van der Waals surface area contributed by atoms with E-state index in [2.05, 4.69) is 40.7 Å². The number of rotatable bonds is 3. The SMILES string of the molecule is Cc1cc(N2CCCC(C)C2)nc(N2CCN(c3cccc(Cl)c3)CC2)n1. The Bertz CT molecular complexity index is 788. The molecule has 2 fully saturated rings. The fourth-order valence-corrected chi connectivity index (χ4v) is 4.26. The van der Waals surface area contributed by atoms with Crippen LogP contribution in [0.3, 0.4) is 0 Å². The highest BCUT2D eigenvalue weighted by molar-refractivity contribution is 6.30. The fraction of sp³-hybridized carbons (Fsp3) is 0.524. The highest BCUT2D eigenvalue weighted by Crippen LogP contribution is 2.25. The van der Waals surface area contributed by atoms with Crippen LogP contribution in [0.15, 0.2) is 30.3 Å². The zero-order valence-corrected chi connectivity index (χ0v) is 17.0. The van der Waals surface area contributed by atoms with Crippen molar-refractivity contribution in [2.24, 2.45) is 5.92 Å². The van der Waals surface area contributed by atoms with Crippen molar-refractivity contribution in [2.75, 3.05) is 54.0 Å². The zero-order chi connectivity index (χ0) is 18.8. The first-order chi connectivity index (χ1) is 13.1. The number of anilines is 3. The van der Waals surface area contributed by atoms with Gasteiger partial charge >= 0.3 is 0 Å². The van der Waals surface area contributed by atoms with Crippen molar-refractivity contribution in [3.8, 4) is 0 Å². The molecule has 27 heavy (non-hydrogen) atoms. The smallest absolute Gasteiger partial charge is 0.227 e. The molecule has 6 heteroatoms. The third-order valence-electron chi connectivity index (χ3n) is 5.55. The highest BCUT2D eigenvalue weighted by Gasteiger charge is 2.22. The minimum Gasteiger partial charge on any atom is -0.368 e. The molecule has 1 aromatic carbocycles. The first-order valence-electron chi connectivity index (χ1n) is 9.94. The number of piperidine rings is 1. The Hall–Kier alpha value is -2.01. The maximum atomic E-state index is 6.15. The fourth-order valence-electron chi connectivity index (χ4n) is 4.07. The first kappa shape index (κ1) is 18.4. The van der Waals surface area contributed by atoms with Gasteiger partial charge in [-0.2, -0.15) is 4.98 Å². The molecule has 1 atom stereocenters. The van der Waals surface area contributed by atoms with E-state index in [0.29, 0.717) is 0 Å². The lowest BCUT2D eigenvalue weighted by Crippen LogP contribution is -2.47. The van der Waals surface area contributed by atoms with Crippen LogP contribution in [0.5, 0.6) is 0 Å². The van der Waals surface area contributed by atoms with Gasteiger partial charge in [0.25, 0.3) is 0 Å². The van der Waals surface area contributed by atoms with Crippen LogP contribution in [-0.4, -0.2) is 49.2 Å². The normalized spacial score (nSPS) is 20.9. The number of aryl methyl sites for hydroxylation is 1. The predicted octanol–water partition coefficient (Wildman–Crippen LogP) is 4.00. The van der Waals surface area contributed by atoms with Gasteiger partial charge in [-0.15, -0.1) is 0 Å². The Morgan fingerprint density at radius 3 is 2.48 bits per heavy atom. The van der Waals surface area contributed by atoms with Gasteiger partial charge in [0.15, 0.2) is 0 Å². The van der Waals surface area contributed by atoms with Crippen LogP contribution in [0.4, 0.5) is 17.5 Å². The van der Waals surface area contributed by atoms with Crippen LogP contribution in [0.25, 0.3) is 0 Å². The van der Waals surface area contributed by atoms with E-state index in [1.54, 1.807) is 0 Å². The molecule has 144 valence electrons. The number of hydrogen-bond donors (Lipinski definition) is 0. The van der Waals surface area contributed by atoms with Crippen molar-refractivity contribution in [1.82, 2.24) is 9.97 Å². The Balaban J connectivity index is 1.46. The van der Waals surface area contributed by atoms with Crippen LogP contribution in [0.2, 0.25) is 5.02 Å².